The molecule has 0 aliphatic carbocycles. The monoisotopic (exact) mass is 508 g/mol. The Balaban J connectivity index is 1.88. The third-order valence-corrected chi connectivity index (χ3v) is 5.26. The summed E-state index contributed by atoms with van der Waals surface area (Å²) in [5.41, 5.74) is 1.37. The molecule has 3 N–H and O–H groups in total. The van der Waals surface area contributed by atoms with Crippen molar-refractivity contribution >= 4 is 29.3 Å². The number of unbranched alkanes of at least 4 members (excludes halogenated alkanes) is 1. The van der Waals surface area contributed by atoms with Gasteiger partial charge in [-0.25, -0.2) is 9.97 Å². The molecule has 2 aromatic heterocycles. The molecular formula is C26H36N8O3. The smallest absolute Gasteiger partial charge is 0.246 e. The van der Waals surface area contributed by atoms with Crippen molar-refractivity contribution in [3.63, 3.8) is 0 Å². The fourth-order valence-electron chi connectivity index (χ4n) is 2.94. The number of hydrogen-bond acceptors (Lipinski definition) is 9. The molecule has 0 aliphatic heterocycles. The first kappa shape index (κ1) is 29.1. The fraction of sp³-hybridized carbons (Fsp3) is 0.423. The Morgan fingerprint density at radius 3 is 2.62 bits per heavy atom. The predicted molar refractivity (Wildman–Crippen MR) is 145 cm³/mol. The van der Waals surface area contributed by atoms with Crippen LogP contribution in [-0.4, -0.2) is 91.0 Å². The first-order valence-electron chi connectivity index (χ1n) is 11.9. The summed E-state index contributed by atoms with van der Waals surface area (Å²) in [5.74, 6) is 7.30. The van der Waals surface area contributed by atoms with Gasteiger partial charge in [-0.15, -0.1) is 0 Å². The second-order valence-corrected chi connectivity index (χ2v) is 8.41. The van der Waals surface area contributed by atoms with E-state index in [-0.39, 0.29) is 11.8 Å². The molecule has 1 atom stereocenters. The van der Waals surface area contributed by atoms with E-state index in [0.29, 0.717) is 49.1 Å². The van der Waals surface area contributed by atoms with Gasteiger partial charge in [0.2, 0.25) is 23.6 Å². The number of methoxy groups -OCH3 is 1. The topological polar surface area (TPSA) is 125 Å². The number of nitrogens with one attached hydrogen (secondary N) is 3. The summed E-state index contributed by atoms with van der Waals surface area (Å²) in [7, 11) is 8.76. The Bertz CT molecular complexity index is 1120. The minimum Gasteiger partial charge on any atom is -0.481 e. The molecule has 2 rings (SSSR count). The highest BCUT2D eigenvalue weighted by atomic mass is 16.5. The van der Waals surface area contributed by atoms with E-state index in [2.05, 4.69) is 42.7 Å². The quantitative estimate of drug-likeness (QED) is 0.224. The second-order valence-electron chi connectivity index (χ2n) is 8.41. The third kappa shape index (κ3) is 9.77. The number of likely N-dealkylation sites (N-methyl/N-ethyl adjacent to an activating group) is 2. The molecule has 0 unspecified atom stereocenters. The van der Waals surface area contributed by atoms with E-state index in [1.54, 1.807) is 52.7 Å². The number of amides is 2. The van der Waals surface area contributed by atoms with Crippen molar-refractivity contribution in [2.24, 2.45) is 0 Å². The standard InChI is InChI=1S/C26H36N8O3/c1-19(34(5)23(35)12-10-16-33(3)4)25(36)28-15-9-7-8-11-20-17-30-26(27-2)32-24(20)31-21-13-14-22(37-6)29-18-21/h10,12-14,17-19H,7,9,15-16H2,1-6H3,(H,28,36)(H2,27,30,31,32)/t19-/m0/s1. The van der Waals surface area contributed by atoms with Gasteiger partial charge in [0.25, 0.3) is 0 Å². The normalized spacial score (nSPS) is 11.4. The van der Waals surface area contributed by atoms with Crippen molar-refractivity contribution in [3.8, 4) is 17.7 Å². The van der Waals surface area contributed by atoms with E-state index in [1.165, 1.54) is 11.0 Å². The van der Waals surface area contributed by atoms with Crippen LogP contribution in [0.5, 0.6) is 5.88 Å². The molecule has 0 fully saturated rings. The third-order valence-electron chi connectivity index (χ3n) is 5.26. The number of hydrogen-bond donors (Lipinski definition) is 3. The molecule has 37 heavy (non-hydrogen) atoms. The zero-order valence-corrected chi connectivity index (χ0v) is 22.3. The van der Waals surface area contributed by atoms with Crippen molar-refractivity contribution in [2.75, 3.05) is 59.0 Å². The first-order chi connectivity index (χ1) is 17.7. The van der Waals surface area contributed by atoms with Crippen LogP contribution in [0.2, 0.25) is 0 Å². The van der Waals surface area contributed by atoms with Crippen LogP contribution in [0.15, 0.2) is 36.7 Å². The van der Waals surface area contributed by atoms with Crippen LogP contribution in [0.4, 0.5) is 17.5 Å². The van der Waals surface area contributed by atoms with E-state index >= 15 is 0 Å². The molecule has 198 valence electrons. The van der Waals surface area contributed by atoms with Crippen LogP contribution in [0.3, 0.4) is 0 Å². The number of aromatic nitrogens is 3. The summed E-state index contributed by atoms with van der Waals surface area (Å²) in [6.45, 7) is 2.81. The lowest BCUT2D eigenvalue weighted by molar-refractivity contribution is -0.135. The van der Waals surface area contributed by atoms with Crippen molar-refractivity contribution < 1.29 is 14.3 Å². The SMILES string of the molecule is CNc1ncc(C#CCCCNC(=O)[C@H](C)N(C)C(=O)C=CCN(C)C)c(Nc2ccc(OC)nc2)n1. The highest BCUT2D eigenvalue weighted by Gasteiger charge is 2.20. The molecule has 0 bridgehead atoms. The first-order valence-corrected chi connectivity index (χ1v) is 11.9. The van der Waals surface area contributed by atoms with E-state index < -0.39 is 6.04 Å². The van der Waals surface area contributed by atoms with Crippen LogP contribution < -0.4 is 20.7 Å². The zero-order valence-electron chi connectivity index (χ0n) is 22.3. The van der Waals surface area contributed by atoms with Crippen LogP contribution >= 0.6 is 0 Å². The molecule has 0 spiro atoms. The van der Waals surface area contributed by atoms with Gasteiger partial charge in [-0.1, -0.05) is 17.9 Å². The van der Waals surface area contributed by atoms with Crippen molar-refractivity contribution in [2.45, 2.75) is 25.8 Å². The number of ether oxygens (including phenoxy) is 1. The number of rotatable bonds is 12. The summed E-state index contributed by atoms with van der Waals surface area (Å²) in [6.07, 6.45) is 7.77. The lowest BCUT2D eigenvalue weighted by Crippen LogP contribution is -2.45. The molecule has 0 saturated carbocycles. The summed E-state index contributed by atoms with van der Waals surface area (Å²) >= 11 is 0. The number of nitrogens with zero attached hydrogens (tertiary/aromatic N) is 5. The molecule has 0 aliphatic rings. The van der Waals surface area contributed by atoms with Gasteiger partial charge >= 0.3 is 0 Å². The molecule has 11 nitrogen and oxygen atoms in total. The molecule has 0 radical (unpaired) electrons. The second kappa shape index (κ2) is 15.1. The maximum absolute atomic E-state index is 12.4. The van der Waals surface area contributed by atoms with Crippen molar-refractivity contribution in [1.29, 1.82) is 0 Å². The van der Waals surface area contributed by atoms with Crippen LogP contribution in [-0.2, 0) is 9.59 Å². The van der Waals surface area contributed by atoms with Gasteiger partial charge in [-0.05, 0) is 33.5 Å². The molecule has 0 saturated heterocycles. The predicted octanol–water partition coefficient (Wildman–Crippen LogP) is 1.88. The van der Waals surface area contributed by atoms with Gasteiger partial charge in [-0.2, -0.15) is 4.98 Å². The van der Waals surface area contributed by atoms with Gasteiger partial charge in [0, 0.05) is 45.7 Å². The Hall–Kier alpha value is -4.17. The largest absolute Gasteiger partial charge is 0.481 e. The highest BCUT2D eigenvalue weighted by molar-refractivity contribution is 5.92. The Kier molecular flexibility index (Phi) is 11.8. The number of pyridine rings is 1. The number of carbonyl (C=O) groups excluding carboxylic acids is 2. The summed E-state index contributed by atoms with van der Waals surface area (Å²) in [5, 5.41) is 8.99. The van der Waals surface area contributed by atoms with Gasteiger partial charge in [0.05, 0.1) is 30.8 Å². The maximum atomic E-state index is 12.4. The van der Waals surface area contributed by atoms with Crippen LogP contribution in [0.1, 0.15) is 25.3 Å². The maximum Gasteiger partial charge on any atom is 0.246 e. The Morgan fingerprint density at radius 2 is 1.97 bits per heavy atom. The lowest BCUT2D eigenvalue weighted by atomic mass is 10.2. The van der Waals surface area contributed by atoms with Crippen molar-refractivity contribution in [3.05, 3.63) is 42.2 Å². The molecule has 0 aromatic carbocycles. The molecular weight excluding hydrogens is 472 g/mol. The molecule has 2 aromatic rings. The van der Waals surface area contributed by atoms with Gasteiger partial charge in [0.1, 0.15) is 6.04 Å². The minimum atomic E-state index is -0.577. The number of carbonyl (C=O) groups is 2. The molecule has 2 heterocycles. The van der Waals surface area contributed by atoms with Gasteiger partial charge < -0.3 is 30.5 Å². The van der Waals surface area contributed by atoms with Gasteiger partial charge in [-0.3, -0.25) is 9.59 Å². The van der Waals surface area contributed by atoms with Gasteiger partial charge in [0.15, 0.2) is 5.82 Å². The highest BCUT2D eigenvalue weighted by Crippen LogP contribution is 2.20. The average molecular weight is 509 g/mol. The average Bonchev–Trinajstić information content (AvgIpc) is 2.90. The minimum absolute atomic E-state index is 0.208. The molecule has 11 heteroatoms. The Morgan fingerprint density at radius 1 is 1.19 bits per heavy atom. The summed E-state index contributed by atoms with van der Waals surface area (Å²) in [6, 6.07) is 3.00. The summed E-state index contributed by atoms with van der Waals surface area (Å²) < 4.78 is 5.09. The fourth-order valence-corrected chi connectivity index (χ4v) is 2.94. The Labute approximate surface area is 218 Å². The van der Waals surface area contributed by atoms with Crippen LogP contribution in [0, 0.1) is 11.8 Å². The van der Waals surface area contributed by atoms with E-state index in [9.17, 15) is 9.59 Å². The van der Waals surface area contributed by atoms with Crippen molar-refractivity contribution in [1.82, 2.24) is 30.1 Å². The summed E-state index contributed by atoms with van der Waals surface area (Å²) in [4.78, 5) is 40.9. The zero-order chi connectivity index (χ0) is 27.2. The van der Waals surface area contributed by atoms with E-state index in [4.69, 9.17) is 4.74 Å². The lowest BCUT2D eigenvalue weighted by Gasteiger charge is -2.23. The van der Waals surface area contributed by atoms with Crippen LogP contribution in [0.25, 0.3) is 0 Å². The van der Waals surface area contributed by atoms with E-state index in [1.807, 2.05) is 25.1 Å². The number of anilines is 3. The van der Waals surface area contributed by atoms with E-state index in [0.717, 1.165) is 5.69 Å². The molecule has 2 amide bonds.